The van der Waals surface area contributed by atoms with E-state index in [1.54, 1.807) is 25.3 Å². The molecule has 0 fully saturated rings. The minimum absolute atomic E-state index is 0.0211. The minimum atomic E-state index is -0.757. The molecular weight excluding hydrogens is 487 g/mol. The van der Waals surface area contributed by atoms with Gasteiger partial charge < -0.3 is 15.0 Å². The monoisotopic (exact) mass is 522 g/mol. The van der Waals surface area contributed by atoms with Gasteiger partial charge in [-0.2, -0.15) is 0 Å². The van der Waals surface area contributed by atoms with E-state index in [9.17, 15) is 14.0 Å². The van der Waals surface area contributed by atoms with E-state index in [-0.39, 0.29) is 24.1 Å². The maximum atomic E-state index is 14.6. The van der Waals surface area contributed by atoms with Crippen LogP contribution in [0, 0.1) is 5.82 Å². The molecule has 3 aromatic carbocycles. The van der Waals surface area contributed by atoms with E-state index in [0.29, 0.717) is 24.3 Å². The summed E-state index contributed by atoms with van der Waals surface area (Å²) in [6.07, 6.45) is 2.15. The van der Waals surface area contributed by atoms with Gasteiger partial charge in [0.2, 0.25) is 11.8 Å². The van der Waals surface area contributed by atoms with Crippen LogP contribution in [-0.2, 0) is 28.3 Å². The van der Waals surface area contributed by atoms with Gasteiger partial charge >= 0.3 is 0 Å². The highest BCUT2D eigenvalue weighted by atomic mass is 32.2. The lowest BCUT2D eigenvalue weighted by molar-refractivity contribution is -0.139. The Morgan fingerprint density at radius 3 is 2.35 bits per heavy atom. The summed E-state index contributed by atoms with van der Waals surface area (Å²) >= 11 is 1.47. The number of unbranched alkanes of at least 4 members (excludes halogenated alkanes) is 1. The molecule has 1 unspecified atom stereocenters. The van der Waals surface area contributed by atoms with Crippen molar-refractivity contribution in [3.8, 4) is 5.75 Å². The maximum absolute atomic E-state index is 14.6. The predicted octanol–water partition coefficient (Wildman–Crippen LogP) is 5.62. The van der Waals surface area contributed by atoms with Crippen molar-refractivity contribution in [1.29, 1.82) is 0 Å². The number of ether oxygens (including phenoxy) is 1. The van der Waals surface area contributed by atoms with Crippen LogP contribution in [0.3, 0.4) is 0 Å². The third-order valence-corrected chi connectivity index (χ3v) is 7.04. The number of hydrogen-bond acceptors (Lipinski definition) is 4. The first-order valence-corrected chi connectivity index (χ1v) is 13.7. The second kappa shape index (κ2) is 15.1. The van der Waals surface area contributed by atoms with E-state index in [1.807, 2.05) is 54.6 Å². The van der Waals surface area contributed by atoms with Crippen LogP contribution in [0.4, 0.5) is 4.39 Å². The summed E-state index contributed by atoms with van der Waals surface area (Å²) < 4.78 is 19.8. The van der Waals surface area contributed by atoms with Gasteiger partial charge in [0.05, 0.1) is 12.9 Å². The molecule has 196 valence electrons. The Labute approximate surface area is 223 Å². The lowest BCUT2D eigenvalue weighted by Crippen LogP contribution is -2.51. The number of methoxy groups -OCH3 is 1. The number of thioether (sulfide) groups is 1. The first-order chi connectivity index (χ1) is 18.0. The van der Waals surface area contributed by atoms with Crippen LogP contribution in [0.5, 0.6) is 5.75 Å². The van der Waals surface area contributed by atoms with Gasteiger partial charge in [0.1, 0.15) is 17.6 Å². The molecule has 3 rings (SSSR count). The van der Waals surface area contributed by atoms with E-state index < -0.39 is 11.9 Å². The number of halogens is 1. The molecular formula is C30H35FN2O3S. The molecule has 1 N–H and O–H groups in total. The smallest absolute Gasteiger partial charge is 0.243 e. The normalized spacial score (nSPS) is 11.5. The Balaban J connectivity index is 1.81. The van der Waals surface area contributed by atoms with Crippen LogP contribution in [-0.4, -0.2) is 42.2 Å². The fraction of sp³-hybridized carbons (Fsp3) is 0.333. The van der Waals surface area contributed by atoms with Gasteiger partial charge in [-0.1, -0.05) is 74.0 Å². The van der Waals surface area contributed by atoms with Gasteiger partial charge in [-0.15, -0.1) is 11.8 Å². The highest BCUT2D eigenvalue weighted by Crippen LogP contribution is 2.21. The molecule has 5 nitrogen and oxygen atoms in total. The Bertz CT molecular complexity index is 1130. The molecule has 0 radical (unpaired) electrons. The summed E-state index contributed by atoms with van der Waals surface area (Å²) in [5, 5.41) is 2.99. The number of nitrogens with one attached hydrogen (secondary N) is 1. The zero-order valence-corrected chi connectivity index (χ0v) is 22.3. The summed E-state index contributed by atoms with van der Waals surface area (Å²) in [6, 6.07) is 23.0. The molecule has 0 bridgehead atoms. The molecule has 0 heterocycles. The van der Waals surface area contributed by atoms with E-state index in [2.05, 4.69) is 12.2 Å². The molecule has 37 heavy (non-hydrogen) atoms. The molecule has 0 aliphatic carbocycles. The lowest BCUT2D eigenvalue weighted by Gasteiger charge is -2.31. The predicted molar refractivity (Wildman–Crippen MR) is 148 cm³/mol. The third kappa shape index (κ3) is 8.93. The van der Waals surface area contributed by atoms with Gasteiger partial charge in [0, 0.05) is 30.8 Å². The highest BCUT2D eigenvalue weighted by Gasteiger charge is 2.30. The minimum Gasteiger partial charge on any atom is -0.497 e. The van der Waals surface area contributed by atoms with Crippen molar-refractivity contribution in [2.45, 2.75) is 44.5 Å². The number of carbonyl (C=O) groups is 2. The quantitative estimate of drug-likeness (QED) is 0.279. The standard InChI is InChI=1S/C30H35FN2O3S/c1-3-4-18-32-30(35)28(19-23-10-6-5-7-11-23)33(20-25-12-8-9-13-27(25)31)29(34)22-37-21-24-14-16-26(36-2)17-15-24/h5-17,28H,3-4,18-22H2,1-2H3,(H,32,35). The van der Waals surface area contributed by atoms with E-state index >= 15 is 0 Å². The molecule has 0 aliphatic rings. The molecule has 1 atom stereocenters. The fourth-order valence-corrected chi connectivity index (χ4v) is 4.80. The zero-order valence-electron chi connectivity index (χ0n) is 21.5. The Morgan fingerprint density at radius 2 is 1.68 bits per heavy atom. The first-order valence-electron chi connectivity index (χ1n) is 12.6. The molecule has 7 heteroatoms. The summed E-state index contributed by atoms with van der Waals surface area (Å²) in [6.45, 7) is 2.61. The summed E-state index contributed by atoms with van der Waals surface area (Å²) in [5.74, 6) is 0.772. The van der Waals surface area contributed by atoms with Crippen molar-refractivity contribution in [2.24, 2.45) is 0 Å². The van der Waals surface area contributed by atoms with Crippen LogP contribution in [0.15, 0.2) is 78.9 Å². The number of nitrogens with zero attached hydrogens (tertiary/aromatic N) is 1. The zero-order chi connectivity index (χ0) is 26.5. The van der Waals surface area contributed by atoms with Crippen LogP contribution in [0.1, 0.15) is 36.5 Å². The molecule has 0 saturated carbocycles. The second-order valence-corrected chi connectivity index (χ2v) is 9.79. The van der Waals surface area contributed by atoms with Crippen LogP contribution in [0.25, 0.3) is 0 Å². The average Bonchev–Trinajstić information content (AvgIpc) is 2.92. The fourth-order valence-electron chi connectivity index (χ4n) is 3.93. The highest BCUT2D eigenvalue weighted by molar-refractivity contribution is 7.99. The van der Waals surface area contributed by atoms with Crippen LogP contribution < -0.4 is 10.1 Å². The summed E-state index contributed by atoms with van der Waals surface area (Å²) in [7, 11) is 1.62. The number of carbonyl (C=O) groups excluding carboxylic acids is 2. The molecule has 0 saturated heterocycles. The van der Waals surface area contributed by atoms with Crippen molar-refractivity contribution >= 4 is 23.6 Å². The second-order valence-electron chi connectivity index (χ2n) is 8.80. The van der Waals surface area contributed by atoms with Gasteiger partial charge in [-0.3, -0.25) is 9.59 Å². The molecule has 0 spiro atoms. The van der Waals surface area contributed by atoms with Gasteiger partial charge in [-0.05, 0) is 35.7 Å². The Kier molecular flexibility index (Phi) is 11.5. The number of benzene rings is 3. The number of hydrogen-bond donors (Lipinski definition) is 1. The van der Waals surface area contributed by atoms with Crippen LogP contribution in [0.2, 0.25) is 0 Å². The molecule has 3 aromatic rings. The van der Waals surface area contributed by atoms with E-state index in [0.717, 1.165) is 29.7 Å². The molecule has 0 aliphatic heterocycles. The largest absolute Gasteiger partial charge is 0.497 e. The molecule has 0 aromatic heterocycles. The topological polar surface area (TPSA) is 58.6 Å². The van der Waals surface area contributed by atoms with Gasteiger partial charge in [0.25, 0.3) is 0 Å². The Morgan fingerprint density at radius 1 is 0.973 bits per heavy atom. The van der Waals surface area contributed by atoms with Crippen molar-refractivity contribution in [1.82, 2.24) is 10.2 Å². The van der Waals surface area contributed by atoms with E-state index in [1.165, 1.54) is 22.7 Å². The Hall–Kier alpha value is -3.32. The third-order valence-electron chi connectivity index (χ3n) is 6.05. The number of rotatable bonds is 14. The lowest BCUT2D eigenvalue weighted by atomic mass is 10.0. The van der Waals surface area contributed by atoms with Crippen molar-refractivity contribution in [3.63, 3.8) is 0 Å². The number of amides is 2. The summed E-state index contributed by atoms with van der Waals surface area (Å²) in [5.41, 5.74) is 2.39. The van der Waals surface area contributed by atoms with Crippen molar-refractivity contribution < 1.29 is 18.7 Å². The average molecular weight is 523 g/mol. The van der Waals surface area contributed by atoms with E-state index in [4.69, 9.17) is 4.74 Å². The summed E-state index contributed by atoms with van der Waals surface area (Å²) in [4.78, 5) is 28.5. The van der Waals surface area contributed by atoms with Crippen molar-refractivity contribution in [3.05, 3.63) is 101 Å². The molecule has 2 amide bonds. The van der Waals surface area contributed by atoms with Crippen LogP contribution >= 0.6 is 11.8 Å². The van der Waals surface area contributed by atoms with Gasteiger partial charge in [0.15, 0.2) is 0 Å². The maximum Gasteiger partial charge on any atom is 0.243 e. The first kappa shape index (κ1) is 28.3. The van der Waals surface area contributed by atoms with Gasteiger partial charge in [-0.25, -0.2) is 4.39 Å². The van der Waals surface area contributed by atoms with Crippen molar-refractivity contribution in [2.75, 3.05) is 19.4 Å². The SMILES string of the molecule is CCCCNC(=O)C(Cc1ccccc1)N(Cc1ccccc1F)C(=O)CSCc1ccc(OC)cc1.